The van der Waals surface area contributed by atoms with Crippen molar-refractivity contribution in [1.82, 2.24) is 0 Å². The van der Waals surface area contributed by atoms with Gasteiger partial charge < -0.3 is 8.83 Å². The summed E-state index contributed by atoms with van der Waals surface area (Å²) in [6.07, 6.45) is 0. The van der Waals surface area contributed by atoms with E-state index in [4.69, 9.17) is 8.83 Å². The molecular weight excluding hydrogens is 520 g/mol. The summed E-state index contributed by atoms with van der Waals surface area (Å²) >= 11 is 1.98. The Morgan fingerprint density at radius 2 is 1.02 bits per heavy atom. The highest BCUT2D eigenvalue weighted by molar-refractivity contribution is 7.97. The van der Waals surface area contributed by atoms with Crippen molar-refractivity contribution in [2.24, 2.45) is 0 Å². The second-order valence-corrected chi connectivity index (χ2v) is 11.8. The predicted octanol–water partition coefficient (Wildman–Crippen LogP) is 11.2. The van der Waals surface area contributed by atoms with Crippen LogP contribution in [0.3, 0.4) is 0 Å². The number of benzene rings is 6. The Balaban J connectivity index is 1.25. The van der Waals surface area contributed by atoms with Crippen LogP contribution in [0.25, 0.3) is 77.3 Å². The summed E-state index contributed by atoms with van der Waals surface area (Å²) in [6, 6.07) is 43.4. The topological polar surface area (TPSA) is 26.3 Å². The van der Waals surface area contributed by atoms with Gasteiger partial charge in [0.2, 0.25) is 0 Å². The van der Waals surface area contributed by atoms with E-state index in [0.29, 0.717) is 0 Å². The molecule has 0 radical (unpaired) electrons. The maximum Gasteiger partial charge on any atom is 0.143 e. The Hall–Kier alpha value is -4.73. The first kappa shape index (κ1) is 23.0. The zero-order chi connectivity index (χ0) is 26.9. The fourth-order valence-electron chi connectivity index (χ4n) is 6.50. The van der Waals surface area contributed by atoms with Crippen molar-refractivity contribution in [1.29, 1.82) is 0 Å². The van der Waals surface area contributed by atoms with E-state index in [1.807, 2.05) is 30.0 Å². The third-order valence-corrected chi connectivity index (χ3v) is 9.48. The molecule has 0 aliphatic carbocycles. The molecule has 0 spiro atoms. The average Bonchev–Trinajstić information content (AvgIpc) is 3.54. The van der Waals surface area contributed by atoms with Crippen molar-refractivity contribution in [3.8, 4) is 33.4 Å². The molecule has 194 valence electrons. The van der Waals surface area contributed by atoms with Crippen LogP contribution >= 0.6 is 11.8 Å². The van der Waals surface area contributed by atoms with Crippen molar-refractivity contribution < 1.29 is 8.83 Å². The Bertz CT molecular complexity index is 2300. The van der Waals surface area contributed by atoms with E-state index < -0.39 is 0 Å². The van der Waals surface area contributed by atoms with Gasteiger partial charge in [-0.1, -0.05) is 91.0 Å². The van der Waals surface area contributed by atoms with Gasteiger partial charge in [-0.15, -0.1) is 0 Å². The van der Waals surface area contributed by atoms with Gasteiger partial charge in [-0.05, 0) is 69.3 Å². The summed E-state index contributed by atoms with van der Waals surface area (Å²) in [5.74, 6) is 1.99. The second kappa shape index (κ2) is 8.89. The minimum atomic E-state index is 0.927. The maximum atomic E-state index is 6.41. The van der Waals surface area contributed by atoms with Crippen LogP contribution in [0, 0.1) is 0 Å². The van der Waals surface area contributed by atoms with E-state index in [-0.39, 0.29) is 0 Å². The summed E-state index contributed by atoms with van der Waals surface area (Å²) in [6.45, 7) is 0. The monoisotopic (exact) mass is 544 g/mol. The fraction of sp³-hybridized carbons (Fsp3) is 0.0526. The molecule has 0 unspecified atom stereocenters. The summed E-state index contributed by atoms with van der Waals surface area (Å²) in [5, 5.41) is 4.65. The van der Waals surface area contributed by atoms with Crippen LogP contribution in [0.5, 0.6) is 0 Å². The van der Waals surface area contributed by atoms with E-state index in [9.17, 15) is 0 Å². The van der Waals surface area contributed by atoms with Crippen LogP contribution in [-0.4, -0.2) is 0 Å². The van der Waals surface area contributed by atoms with Gasteiger partial charge in [0, 0.05) is 38.6 Å². The number of para-hydroxylation sites is 3. The number of thioether (sulfide) groups is 1. The molecule has 6 aromatic carbocycles. The fourth-order valence-corrected chi connectivity index (χ4v) is 7.55. The molecule has 0 saturated carbocycles. The smallest absolute Gasteiger partial charge is 0.143 e. The molecule has 2 nitrogen and oxygen atoms in total. The normalized spacial score (nSPS) is 13.1. The highest BCUT2D eigenvalue weighted by atomic mass is 32.2. The van der Waals surface area contributed by atoms with Crippen LogP contribution < -0.4 is 0 Å². The van der Waals surface area contributed by atoms with E-state index >= 15 is 0 Å². The molecule has 1 aliphatic heterocycles. The second-order valence-electron chi connectivity index (χ2n) is 10.8. The molecule has 0 N–H and O–H groups in total. The minimum Gasteiger partial charge on any atom is -0.456 e. The molecule has 0 amide bonds. The Morgan fingerprint density at radius 3 is 1.80 bits per heavy atom. The lowest BCUT2D eigenvalue weighted by atomic mass is 9.89. The quantitative estimate of drug-likeness (QED) is 0.216. The van der Waals surface area contributed by atoms with Gasteiger partial charge in [0.05, 0.1) is 0 Å². The van der Waals surface area contributed by atoms with Crippen LogP contribution in [-0.2, 0) is 11.5 Å². The predicted molar refractivity (Wildman–Crippen MR) is 172 cm³/mol. The van der Waals surface area contributed by atoms with Crippen molar-refractivity contribution in [2.45, 2.75) is 11.5 Å². The van der Waals surface area contributed by atoms with Crippen molar-refractivity contribution >= 4 is 55.6 Å². The summed E-state index contributed by atoms with van der Waals surface area (Å²) < 4.78 is 12.6. The van der Waals surface area contributed by atoms with Gasteiger partial charge >= 0.3 is 0 Å². The van der Waals surface area contributed by atoms with E-state index in [2.05, 4.69) is 103 Å². The van der Waals surface area contributed by atoms with Crippen molar-refractivity contribution in [2.75, 3.05) is 0 Å². The number of hydrogen-bond acceptors (Lipinski definition) is 3. The average molecular weight is 545 g/mol. The van der Waals surface area contributed by atoms with Crippen LogP contribution in [0.15, 0.2) is 130 Å². The Kier molecular flexibility index (Phi) is 4.99. The lowest BCUT2D eigenvalue weighted by Crippen LogP contribution is -1.91. The molecule has 8 aromatic rings. The molecule has 0 saturated heterocycles. The SMILES string of the molecule is c1ccc2c(c1)oc1c(-c3ccc4c(c3)-c3cc(-c5cccc6oc7ccccc7c56)ccc3CSC4)cccc12. The molecule has 3 heterocycles. The Morgan fingerprint density at radius 1 is 0.439 bits per heavy atom. The summed E-state index contributed by atoms with van der Waals surface area (Å²) in [4.78, 5) is 0. The van der Waals surface area contributed by atoms with Gasteiger partial charge in [-0.2, -0.15) is 11.8 Å². The zero-order valence-electron chi connectivity index (χ0n) is 22.2. The summed E-state index contributed by atoms with van der Waals surface area (Å²) in [5.41, 5.74) is 13.8. The van der Waals surface area contributed by atoms with Gasteiger partial charge in [0.25, 0.3) is 0 Å². The summed E-state index contributed by atoms with van der Waals surface area (Å²) in [7, 11) is 0. The lowest BCUT2D eigenvalue weighted by Gasteiger charge is -2.14. The molecule has 41 heavy (non-hydrogen) atoms. The molecule has 0 bridgehead atoms. The molecule has 0 fully saturated rings. The Labute approximate surface area is 241 Å². The van der Waals surface area contributed by atoms with E-state index in [1.54, 1.807) is 0 Å². The highest BCUT2D eigenvalue weighted by Crippen LogP contribution is 2.44. The van der Waals surface area contributed by atoms with Gasteiger partial charge in [0.1, 0.15) is 22.3 Å². The van der Waals surface area contributed by atoms with Gasteiger partial charge in [0.15, 0.2) is 0 Å². The molecule has 3 heteroatoms. The first-order valence-corrected chi connectivity index (χ1v) is 15.1. The molecular formula is C38H24O2S. The van der Waals surface area contributed by atoms with Gasteiger partial charge in [-0.3, -0.25) is 0 Å². The van der Waals surface area contributed by atoms with Crippen LogP contribution in [0.4, 0.5) is 0 Å². The number of hydrogen-bond donors (Lipinski definition) is 0. The lowest BCUT2D eigenvalue weighted by molar-refractivity contribution is 0.669. The zero-order valence-corrected chi connectivity index (χ0v) is 23.0. The number of furan rings is 2. The number of rotatable bonds is 2. The van der Waals surface area contributed by atoms with Crippen molar-refractivity contribution in [3.05, 3.63) is 132 Å². The molecule has 1 aliphatic rings. The standard InChI is InChI=1S/C38H24O2S/c1-3-12-34-29(7-1)30-11-5-10-28(38(30)40-34)24-16-18-26-22-41-21-25-17-15-23(19-32(25)33(26)20-24)27-9-6-14-36-37(27)31-8-2-4-13-35(31)39-36/h1-20H,21-22H2. The third-order valence-electron chi connectivity index (χ3n) is 8.45. The van der Waals surface area contributed by atoms with Gasteiger partial charge in [-0.25, -0.2) is 0 Å². The largest absolute Gasteiger partial charge is 0.456 e. The van der Waals surface area contributed by atoms with Crippen LogP contribution in [0.2, 0.25) is 0 Å². The maximum absolute atomic E-state index is 6.41. The molecule has 2 aromatic heterocycles. The highest BCUT2D eigenvalue weighted by Gasteiger charge is 2.20. The molecule has 0 atom stereocenters. The first-order chi connectivity index (χ1) is 20.3. The number of fused-ring (bicyclic) bond motifs is 9. The van der Waals surface area contributed by atoms with Crippen molar-refractivity contribution in [3.63, 3.8) is 0 Å². The third kappa shape index (κ3) is 3.52. The first-order valence-electron chi connectivity index (χ1n) is 14.0. The van der Waals surface area contributed by atoms with E-state index in [1.165, 1.54) is 44.3 Å². The molecule has 9 rings (SSSR count). The minimum absolute atomic E-state index is 0.927. The van der Waals surface area contributed by atoms with E-state index in [0.717, 1.165) is 55.6 Å². The van der Waals surface area contributed by atoms with Crippen LogP contribution in [0.1, 0.15) is 11.1 Å².